The summed E-state index contributed by atoms with van der Waals surface area (Å²) in [5.41, 5.74) is 18.1. The summed E-state index contributed by atoms with van der Waals surface area (Å²) in [5, 5.41) is 0. The van der Waals surface area contributed by atoms with Crippen LogP contribution in [0.25, 0.3) is 0 Å². The van der Waals surface area contributed by atoms with Crippen LogP contribution in [0.4, 0.5) is 34.1 Å². The first-order chi connectivity index (χ1) is 19.7. The molecule has 0 saturated heterocycles. The highest BCUT2D eigenvalue weighted by Crippen LogP contribution is 2.34. The Morgan fingerprint density at radius 2 is 0.714 bits per heavy atom. The molecule has 0 aliphatic rings. The molecule has 0 radical (unpaired) electrons. The van der Waals surface area contributed by atoms with Crippen molar-refractivity contribution in [1.29, 1.82) is 0 Å². The van der Waals surface area contributed by atoms with Crippen LogP contribution in [0.5, 0.6) is 0 Å². The second-order valence-corrected chi connectivity index (χ2v) is 28.0. The molecule has 4 rings (SSSR count). The van der Waals surface area contributed by atoms with E-state index in [1.807, 2.05) is 0 Å². The standard InChI is InChI=1S/C33H48N6Si3/c1-40(2,3)37(29-19-13-10-14-20-29)34-28-25-26-32(35-38(41(4,5)6)30-21-15-11-16-22-30)33(27-28)36-39(42(7,8)9)31-23-17-12-18-24-31/h10-27,34-36H,1-9H3. The molecule has 0 aliphatic heterocycles. The maximum Gasteiger partial charge on any atom is 0.173 e. The van der Waals surface area contributed by atoms with E-state index in [9.17, 15) is 0 Å². The van der Waals surface area contributed by atoms with Crippen LogP contribution < -0.4 is 30.3 Å². The predicted octanol–water partition coefficient (Wildman–Crippen LogP) is 9.69. The van der Waals surface area contributed by atoms with Crippen molar-refractivity contribution < 1.29 is 0 Å². The smallest absolute Gasteiger partial charge is 0.173 e. The van der Waals surface area contributed by atoms with Gasteiger partial charge in [-0.3, -0.25) is 0 Å². The van der Waals surface area contributed by atoms with E-state index < -0.39 is 24.7 Å². The summed E-state index contributed by atoms with van der Waals surface area (Å²) >= 11 is 0. The molecule has 0 aromatic heterocycles. The number of nitrogens with one attached hydrogen (secondary N) is 3. The highest BCUT2D eigenvalue weighted by atomic mass is 28.3. The molecule has 4 aromatic rings. The molecular weight excluding hydrogens is 565 g/mol. The van der Waals surface area contributed by atoms with E-state index in [1.165, 1.54) is 17.1 Å². The Morgan fingerprint density at radius 1 is 0.381 bits per heavy atom. The summed E-state index contributed by atoms with van der Waals surface area (Å²) in [7, 11) is -5.42. The third kappa shape index (κ3) is 7.99. The van der Waals surface area contributed by atoms with Gasteiger partial charge in [0, 0.05) is 17.1 Å². The molecule has 0 spiro atoms. The van der Waals surface area contributed by atoms with Crippen molar-refractivity contribution in [2.45, 2.75) is 58.9 Å². The molecular formula is C33H48N6Si3. The number of rotatable bonds is 12. The van der Waals surface area contributed by atoms with Gasteiger partial charge >= 0.3 is 0 Å². The van der Waals surface area contributed by atoms with Gasteiger partial charge in [-0.05, 0) is 114 Å². The van der Waals surface area contributed by atoms with Crippen LogP contribution in [0.3, 0.4) is 0 Å². The first-order valence-corrected chi connectivity index (χ1v) is 25.1. The van der Waals surface area contributed by atoms with Crippen LogP contribution >= 0.6 is 0 Å². The van der Waals surface area contributed by atoms with E-state index in [-0.39, 0.29) is 0 Å². The van der Waals surface area contributed by atoms with Crippen LogP contribution in [-0.4, -0.2) is 24.7 Å². The summed E-state index contributed by atoms with van der Waals surface area (Å²) in [4.78, 5) is 0. The Labute approximate surface area is 256 Å². The van der Waals surface area contributed by atoms with Crippen LogP contribution in [0, 0.1) is 0 Å². The van der Waals surface area contributed by atoms with Crippen LogP contribution in [-0.2, 0) is 0 Å². The molecule has 0 atom stereocenters. The lowest BCUT2D eigenvalue weighted by molar-refractivity contribution is 1.16. The minimum Gasteiger partial charge on any atom is -0.317 e. The Bertz CT molecular complexity index is 1420. The zero-order chi connectivity index (χ0) is 30.5. The van der Waals surface area contributed by atoms with Crippen molar-refractivity contribution in [3.8, 4) is 0 Å². The van der Waals surface area contributed by atoms with Gasteiger partial charge in [-0.2, -0.15) is 0 Å². The summed E-state index contributed by atoms with van der Waals surface area (Å²) < 4.78 is 7.12. The average Bonchev–Trinajstić information content (AvgIpc) is 2.93. The van der Waals surface area contributed by atoms with E-state index in [0.29, 0.717) is 0 Å². The number of hydrogen-bond acceptors (Lipinski definition) is 6. The normalized spacial score (nSPS) is 11.9. The molecule has 0 bridgehead atoms. The Kier molecular flexibility index (Phi) is 9.44. The van der Waals surface area contributed by atoms with Crippen LogP contribution in [0.2, 0.25) is 58.9 Å². The highest BCUT2D eigenvalue weighted by molar-refractivity contribution is 6.81. The Morgan fingerprint density at radius 3 is 1.07 bits per heavy atom. The number of benzene rings is 4. The topological polar surface area (TPSA) is 45.8 Å². The fourth-order valence-electron chi connectivity index (χ4n) is 4.76. The summed E-state index contributed by atoms with van der Waals surface area (Å²) in [6.45, 7) is 21.2. The van der Waals surface area contributed by atoms with Crippen molar-refractivity contribution >= 4 is 58.8 Å². The molecule has 222 valence electrons. The first kappa shape index (κ1) is 31.3. The number of hydrogen-bond donors (Lipinski definition) is 3. The zero-order valence-corrected chi connectivity index (χ0v) is 29.7. The van der Waals surface area contributed by atoms with Gasteiger partial charge in [0.15, 0.2) is 24.7 Å². The molecule has 0 saturated carbocycles. The van der Waals surface area contributed by atoms with Crippen molar-refractivity contribution in [1.82, 2.24) is 0 Å². The van der Waals surface area contributed by atoms with Gasteiger partial charge in [0.2, 0.25) is 0 Å². The van der Waals surface area contributed by atoms with Crippen LogP contribution in [0.1, 0.15) is 0 Å². The third-order valence-corrected chi connectivity index (χ3v) is 11.9. The molecule has 0 aliphatic carbocycles. The highest BCUT2D eigenvalue weighted by Gasteiger charge is 2.29. The van der Waals surface area contributed by atoms with E-state index in [2.05, 4.69) is 198 Å². The lowest BCUT2D eigenvalue weighted by Gasteiger charge is -2.41. The molecule has 0 heterocycles. The van der Waals surface area contributed by atoms with E-state index >= 15 is 0 Å². The van der Waals surface area contributed by atoms with Crippen LogP contribution in [0.15, 0.2) is 109 Å². The van der Waals surface area contributed by atoms with Crippen molar-refractivity contribution in [3.63, 3.8) is 0 Å². The van der Waals surface area contributed by atoms with E-state index in [1.54, 1.807) is 0 Å². The molecule has 42 heavy (non-hydrogen) atoms. The summed E-state index contributed by atoms with van der Waals surface area (Å²) in [6.07, 6.45) is 0. The van der Waals surface area contributed by atoms with Gasteiger partial charge in [-0.25, -0.2) is 0 Å². The Balaban J connectivity index is 1.79. The SMILES string of the molecule is C[Si](C)(C)N(Nc1ccc(NN(c2ccccc2)[Si](C)(C)C)c(NN(c2ccccc2)[Si](C)(C)C)c1)c1ccccc1. The zero-order valence-electron chi connectivity index (χ0n) is 26.7. The van der Waals surface area contributed by atoms with E-state index in [4.69, 9.17) is 0 Å². The molecule has 0 unspecified atom stereocenters. The quantitative estimate of drug-likeness (QED) is 0.109. The fraction of sp³-hybridized carbons (Fsp3) is 0.273. The van der Waals surface area contributed by atoms with Gasteiger partial charge in [-0.15, -0.1) is 0 Å². The average molecular weight is 613 g/mol. The third-order valence-electron chi connectivity index (χ3n) is 6.78. The molecule has 4 aromatic carbocycles. The maximum atomic E-state index is 3.88. The fourth-order valence-corrected chi connectivity index (χ4v) is 8.91. The number of para-hydroxylation sites is 3. The molecule has 9 heteroatoms. The monoisotopic (exact) mass is 612 g/mol. The largest absolute Gasteiger partial charge is 0.317 e. The maximum absolute atomic E-state index is 3.88. The lowest BCUT2D eigenvalue weighted by atomic mass is 10.2. The Hall–Kier alpha value is -3.67. The van der Waals surface area contributed by atoms with Gasteiger partial charge in [0.05, 0.1) is 17.1 Å². The predicted molar refractivity (Wildman–Crippen MR) is 194 cm³/mol. The van der Waals surface area contributed by atoms with Crippen molar-refractivity contribution in [3.05, 3.63) is 109 Å². The number of anilines is 6. The van der Waals surface area contributed by atoms with Crippen molar-refractivity contribution in [2.24, 2.45) is 0 Å². The number of nitrogens with zero attached hydrogens (tertiary/aromatic N) is 3. The minimum absolute atomic E-state index is 1.02. The van der Waals surface area contributed by atoms with Gasteiger partial charge < -0.3 is 30.3 Å². The molecule has 3 N–H and O–H groups in total. The second kappa shape index (κ2) is 12.7. The van der Waals surface area contributed by atoms with Gasteiger partial charge in [0.25, 0.3) is 0 Å². The molecule has 0 amide bonds. The second-order valence-electron chi connectivity index (χ2n) is 13.6. The number of hydrazine groups is 3. The molecule has 0 fully saturated rings. The van der Waals surface area contributed by atoms with Crippen molar-refractivity contribution in [2.75, 3.05) is 30.3 Å². The first-order valence-electron chi connectivity index (χ1n) is 14.7. The van der Waals surface area contributed by atoms with Gasteiger partial charge in [0.1, 0.15) is 0 Å². The van der Waals surface area contributed by atoms with Gasteiger partial charge in [-0.1, -0.05) is 54.6 Å². The summed E-state index contributed by atoms with van der Waals surface area (Å²) in [5.74, 6) is 0. The minimum atomic E-state index is -1.84. The molecule has 6 nitrogen and oxygen atoms in total. The summed E-state index contributed by atoms with van der Waals surface area (Å²) in [6, 6.07) is 38.5. The lowest BCUT2D eigenvalue weighted by Crippen LogP contribution is -2.51. The van der Waals surface area contributed by atoms with E-state index in [0.717, 1.165) is 17.1 Å².